The van der Waals surface area contributed by atoms with E-state index >= 15 is 0 Å². The molecule has 1 heterocycles. The second kappa shape index (κ2) is 5.53. The average molecular weight is 246 g/mol. The van der Waals surface area contributed by atoms with E-state index in [1.807, 2.05) is 25.1 Å². The maximum absolute atomic E-state index is 12.3. The molecule has 3 nitrogen and oxygen atoms in total. The lowest BCUT2D eigenvalue weighted by Crippen LogP contribution is -2.36. The van der Waals surface area contributed by atoms with Crippen LogP contribution in [0.5, 0.6) is 0 Å². The molecule has 0 amide bonds. The number of Topliss-reactive ketones (excluding diaryl/α,β-unsaturated/α-hetero) is 1. The lowest BCUT2D eigenvalue weighted by molar-refractivity contribution is 0.0949. The highest BCUT2D eigenvalue weighted by Gasteiger charge is 2.17. The van der Waals surface area contributed by atoms with E-state index in [1.165, 1.54) is 11.3 Å². The second-order valence-corrected chi connectivity index (χ2v) is 5.44. The molecular formula is C15H22N2O. The molecule has 0 aliphatic carbocycles. The van der Waals surface area contributed by atoms with Crippen LogP contribution >= 0.6 is 0 Å². The zero-order valence-electron chi connectivity index (χ0n) is 11.4. The highest BCUT2D eigenvalue weighted by molar-refractivity contribution is 6.00. The summed E-state index contributed by atoms with van der Waals surface area (Å²) in [5.41, 5.74) is 3.26. The third-order valence-corrected chi connectivity index (χ3v) is 3.33. The summed E-state index contributed by atoms with van der Waals surface area (Å²) in [5.74, 6) is 0.745. The lowest BCUT2D eigenvalue weighted by atomic mass is 10.0. The second-order valence-electron chi connectivity index (χ2n) is 5.44. The van der Waals surface area contributed by atoms with Gasteiger partial charge in [-0.25, -0.2) is 0 Å². The molecule has 1 aromatic rings. The first-order chi connectivity index (χ1) is 8.58. The zero-order chi connectivity index (χ0) is 13.1. The molecule has 0 spiro atoms. The number of fused-ring (bicyclic) bond motifs is 1. The molecule has 1 aromatic carbocycles. The van der Waals surface area contributed by atoms with Crippen molar-refractivity contribution in [1.82, 2.24) is 5.32 Å². The number of nitrogens with one attached hydrogen (secondary N) is 2. The van der Waals surface area contributed by atoms with Crippen LogP contribution in [0, 0.1) is 5.92 Å². The Morgan fingerprint density at radius 1 is 1.39 bits per heavy atom. The molecule has 1 atom stereocenters. The predicted molar refractivity (Wildman–Crippen MR) is 75.3 cm³/mol. The fourth-order valence-electron chi connectivity index (χ4n) is 2.21. The number of ketones is 1. The number of carbonyl (C=O) groups is 1. The van der Waals surface area contributed by atoms with Gasteiger partial charge in [0.05, 0.1) is 6.04 Å². The lowest BCUT2D eigenvalue weighted by Gasteiger charge is -2.15. The zero-order valence-corrected chi connectivity index (χ0v) is 11.4. The van der Waals surface area contributed by atoms with Crippen molar-refractivity contribution in [3.8, 4) is 0 Å². The summed E-state index contributed by atoms with van der Waals surface area (Å²) in [5, 5.41) is 6.59. The van der Waals surface area contributed by atoms with Crippen LogP contribution in [-0.2, 0) is 6.42 Å². The summed E-state index contributed by atoms with van der Waals surface area (Å²) in [6.45, 7) is 8.08. The minimum atomic E-state index is -0.111. The van der Waals surface area contributed by atoms with Crippen LogP contribution in [0.1, 0.15) is 36.7 Å². The fraction of sp³-hybridized carbons (Fsp3) is 0.533. The smallest absolute Gasteiger partial charge is 0.179 e. The fourth-order valence-corrected chi connectivity index (χ4v) is 2.21. The first-order valence-electron chi connectivity index (χ1n) is 6.72. The summed E-state index contributed by atoms with van der Waals surface area (Å²) in [6.07, 6.45) is 1.02. The summed E-state index contributed by atoms with van der Waals surface area (Å²) in [7, 11) is 0. The Hall–Kier alpha value is -1.35. The Bertz CT molecular complexity index is 440. The van der Waals surface area contributed by atoms with Crippen molar-refractivity contribution in [2.24, 2.45) is 5.92 Å². The maximum Gasteiger partial charge on any atom is 0.179 e. The van der Waals surface area contributed by atoms with Crippen LogP contribution in [0.4, 0.5) is 5.69 Å². The van der Waals surface area contributed by atoms with Gasteiger partial charge in [-0.05, 0) is 49.6 Å². The minimum Gasteiger partial charge on any atom is -0.384 e. The van der Waals surface area contributed by atoms with Crippen LogP contribution in [0.25, 0.3) is 0 Å². The Morgan fingerprint density at radius 2 is 2.17 bits per heavy atom. The molecule has 0 radical (unpaired) electrons. The normalized spacial score (nSPS) is 15.3. The van der Waals surface area contributed by atoms with Gasteiger partial charge in [0.2, 0.25) is 0 Å². The molecule has 2 N–H and O–H groups in total. The van der Waals surface area contributed by atoms with Crippen molar-refractivity contribution in [2.75, 3.05) is 18.4 Å². The van der Waals surface area contributed by atoms with Crippen molar-refractivity contribution in [3.05, 3.63) is 29.3 Å². The molecule has 1 aliphatic rings. The highest BCUT2D eigenvalue weighted by Crippen LogP contribution is 2.23. The third kappa shape index (κ3) is 2.91. The molecule has 2 rings (SSSR count). The van der Waals surface area contributed by atoms with E-state index in [9.17, 15) is 4.79 Å². The Labute approximate surface area is 109 Å². The quantitative estimate of drug-likeness (QED) is 0.784. The van der Waals surface area contributed by atoms with Gasteiger partial charge in [-0.3, -0.25) is 4.79 Å². The molecule has 1 aliphatic heterocycles. The summed E-state index contributed by atoms with van der Waals surface area (Å²) in [4.78, 5) is 12.3. The molecule has 18 heavy (non-hydrogen) atoms. The number of rotatable bonds is 5. The summed E-state index contributed by atoms with van der Waals surface area (Å²) < 4.78 is 0. The molecule has 1 unspecified atom stereocenters. The van der Waals surface area contributed by atoms with Gasteiger partial charge in [-0.1, -0.05) is 13.8 Å². The van der Waals surface area contributed by atoms with Crippen LogP contribution in [0.15, 0.2) is 18.2 Å². The molecule has 0 saturated carbocycles. The molecule has 3 heteroatoms. The van der Waals surface area contributed by atoms with Crippen LogP contribution < -0.4 is 10.6 Å². The van der Waals surface area contributed by atoms with Crippen LogP contribution in [0.2, 0.25) is 0 Å². The number of hydrogen-bond acceptors (Lipinski definition) is 3. The monoisotopic (exact) mass is 246 g/mol. The van der Waals surface area contributed by atoms with Crippen molar-refractivity contribution in [1.29, 1.82) is 0 Å². The van der Waals surface area contributed by atoms with Crippen molar-refractivity contribution in [2.45, 2.75) is 33.2 Å². The first-order valence-corrected chi connectivity index (χ1v) is 6.72. The van der Waals surface area contributed by atoms with E-state index in [-0.39, 0.29) is 11.8 Å². The minimum absolute atomic E-state index is 0.111. The van der Waals surface area contributed by atoms with E-state index in [0.717, 1.165) is 25.1 Å². The van der Waals surface area contributed by atoms with E-state index in [0.29, 0.717) is 5.92 Å². The molecular weight excluding hydrogens is 224 g/mol. The van der Waals surface area contributed by atoms with E-state index < -0.39 is 0 Å². The maximum atomic E-state index is 12.3. The molecule has 0 aromatic heterocycles. The van der Waals surface area contributed by atoms with Gasteiger partial charge in [-0.2, -0.15) is 0 Å². The molecule has 0 fully saturated rings. The number of anilines is 1. The van der Waals surface area contributed by atoms with Crippen molar-refractivity contribution >= 4 is 11.5 Å². The number of hydrogen-bond donors (Lipinski definition) is 2. The van der Waals surface area contributed by atoms with E-state index in [1.54, 1.807) is 0 Å². The largest absolute Gasteiger partial charge is 0.384 e. The predicted octanol–water partition coefficient (Wildman–Crippen LogP) is 2.47. The van der Waals surface area contributed by atoms with Crippen molar-refractivity contribution in [3.63, 3.8) is 0 Å². The summed E-state index contributed by atoms with van der Waals surface area (Å²) >= 11 is 0. The van der Waals surface area contributed by atoms with Crippen molar-refractivity contribution < 1.29 is 4.79 Å². The topological polar surface area (TPSA) is 41.1 Å². The van der Waals surface area contributed by atoms with Crippen LogP contribution in [0.3, 0.4) is 0 Å². The Kier molecular flexibility index (Phi) is 4.02. The first kappa shape index (κ1) is 13.1. The van der Waals surface area contributed by atoms with Gasteiger partial charge >= 0.3 is 0 Å². The van der Waals surface area contributed by atoms with Gasteiger partial charge in [0.1, 0.15) is 0 Å². The number of benzene rings is 1. The molecule has 0 bridgehead atoms. The highest BCUT2D eigenvalue weighted by atomic mass is 16.1. The van der Waals surface area contributed by atoms with Gasteiger partial charge in [0.25, 0.3) is 0 Å². The summed E-state index contributed by atoms with van der Waals surface area (Å²) in [6, 6.07) is 5.86. The molecule has 0 saturated heterocycles. The van der Waals surface area contributed by atoms with E-state index in [4.69, 9.17) is 0 Å². The van der Waals surface area contributed by atoms with Gasteiger partial charge in [-0.15, -0.1) is 0 Å². The Morgan fingerprint density at radius 3 is 2.89 bits per heavy atom. The Balaban J connectivity index is 2.04. The van der Waals surface area contributed by atoms with Gasteiger partial charge in [0.15, 0.2) is 5.78 Å². The molecule has 98 valence electrons. The average Bonchev–Trinajstić information content (AvgIpc) is 2.81. The van der Waals surface area contributed by atoms with Crippen LogP contribution in [-0.4, -0.2) is 24.9 Å². The van der Waals surface area contributed by atoms with Gasteiger partial charge in [0, 0.05) is 17.8 Å². The SMILES string of the molecule is CC(C)CNC(C)C(=O)c1ccc2c(c1)CCN2. The standard InChI is InChI=1S/C15H22N2O/c1-10(2)9-17-11(3)15(18)13-4-5-14-12(8-13)6-7-16-14/h4-5,8,10-11,16-17H,6-7,9H2,1-3H3. The van der Waals surface area contributed by atoms with E-state index in [2.05, 4.69) is 24.5 Å². The third-order valence-electron chi connectivity index (χ3n) is 3.33. The number of carbonyl (C=O) groups excluding carboxylic acids is 1. The van der Waals surface area contributed by atoms with Gasteiger partial charge < -0.3 is 10.6 Å².